The molecule has 7 nitrogen and oxygen atoms in total. The third-order valence-electron chi connectivity index (χ3n) is 4.74. The van der Waals surface area contributed by atoms with E-state index < -0.39 is 28.5 Å². The molecule has 0 saturated carbocycles. The Morgan fingerprint density at radius 3 is 2.34 bits per heavy atom. The minimum atomic E-state index is -3.78. The summed E-state index contributed by atoms with van der Waals surface area (Å²) in [6, 6.07) is 10.7. The van der Waals surface area contributed by atoms with Crippen LogP contribution in [0.2, 0.25) is 10.0 Å². The van der Waals surface area contributed by atoms with Gasteiger partial charge in [0.2, 0.25) is 21.8 Å². The van der Waals surface area contributed by atoms with Gasteiger partial charge in [-0.05, 0) is 42.3 Å². The number of carbonyl (C=O) groups is 2. The van der Waals surface area contributed by atoms with E-state index >= 15 is 0 Å². The molecule has 0 radical (unpaired) electrons. The maximum absolute atomic E-state index is 13.4. The Hall–Kier alpha value is -1.81. The molecule has 0 bridgehead atoms. The third-order valence-corrected chi connectivity index (χ3v) is 7.12. The second-order valence-electron chi connectivity index (χ2n) is 7.06. The highest BCUT2D eigenvalue weighted by Gasteiger charge is 2.31. The summed E-state index contributed by atoms with van der Waals surface area (Å²) in [6.07, 6.45) is 1.36. The second-order valence-corrected chi connectivity index (χ2v) is 10.7. The molecule has 0 fully saturated rings. The number of anilines is 1. The lowest BCUT2D eigenvalue weighted by atomic mass is 10.1. The summed E-state index contributed by atoms with van der Waals surface area (Å²) in [5, 5.41) is 3.24. The van der Waals surface area contributed by atoms with Crippen molar-refractivity contribution in [1.82, 2.24) is 10.2 Å². The lowest BCUT2D eigenvalue weighted by molar-refractivity contribution is -0.140. The lowest BCUT2D eigenvalue weighted by Crippen LogP contribution is -2.51. The minimum absolute atomic E-state index is 0.0533. The van der Waals surface area contributed by atoms with Crippen molar-refractivity contribution < 1.29 is 18.0 Å². The predicted molar refractivity (Wildman–Crippen MR) is 131 cm³/mol. The van der Waals surface area contributed by atoms with Gasteiger partial charge in [-0.1, -0.05) is 58.2 Å². The quantitative estimate of drug-likeness (QED) is 0.497. The van der Waals surface area contributed by atoms with Crippen LogP contribution in [0, 0.1) is 0 Å². The van der Waals surface area contributed by atoms with Crippen LogP contribution in [0.4, 0.5) is 5.69 Å². The molecular weight excluding hydrogens is 541 g/mol. The molecule has 1 N–H and O–H groups in total. The van der Waals surface area contributed by atoms with E-state index in [2.05, 4.69) is 21.2 Å². The number of nitrogens with one attached hydrogen (secondary N) is 1. The van der Waals surface area contributed by atoms with Gasteiger partial charge in [-0.15, -0.1) is 0 Å². The first-order valence-electron chi connectivity index (χ1n) is 9.66. The molecular formula is C21H24BrCl2N3O4S. The van der Waals surface area contributed by atoms with Crippen molar-refractivity contribution in [3.63, 3.8) is 0 Å². The van der Waals surface area contributed by atoms with Gasteiger partial charge in [-0.3, -0.25) is 13.9 Å². The second kappa shape index (κ2) is 11.4. The fourth-order valence-electron chi connectivity index (χ4n) is 3.17. The Kier molecular flexibility index (Phi) is 9.39. The maximum atomic E-state index is 13.4. The molecule has 11 heteroatoms. The largest absolute Gasteiger partial charge is 0.357 e. The van der Waals surface area contributed by atoms with Gasteiger partial charge in [-0.25, -0.2) is 8.42 Å². The minimum Gasteiger partial charge on any atom is -0.357 e. The number of amides is 2. The predicted octanol–water partition coefficient (Wildman–Crippen LogP) is 4.08. The van der Waals surface area contributed by atoms with Gasteiger partial charge < -0.3 is 10.2 Å². The zero-order valence-corrected chi connectivity index (χ0v) is 21.7. The van der Waals surface area contributed by atoms with E-state index in [0.717, 1.165) is 10.6 Å². The number of halogens is 3. The normalized spacial score (nSPS) is 12.2. The van der Waals surface area contributed by atoms with Crippen LogP contribution < -0.4 is 9.62 Å². The van der Waals surface area contributed by atoms with Gasteiger partial charge in [0.05, 0.1) is 22.0 Å². The molecule has 0 heterocycles. The summed E-state index contributed by atoms with van der Waals surface area (Å²) in [5.41, 5.74) is 0.987. The molecule has 0 saturated heterocycles. The van der Waals surface area contributed by atoms with Crippen molar-refractivity contribution in [2.45, 2.75) is 25.9 Å². The van der Waals surface area contributed by atoms with Crippen LogP contribution in [0.15, 0.2) is 46.9 Å². The van der Waals surface area contributed by atoms with E-state index in [1.165, 1.54) is 11.9 Å². The Morgan fingerprint density at radius 1 is 1.12 bits per heavy atom. The maximum Gasteiger partial charge on any atom is 0.244 e. The molecule has 0 aromatic heterocycles. The van der Waals surface area contributed by atoms with E-state index in [1.807, 2.05) is 0 Å². The summed E-state index contributed by atoms with van der Waals surface area (Å²) in [6.45, 7) is 1.36. The van der Waals surface area contributed by atoms with Crippen LogP contribution in [0.1, 0.15) is 18.9 Å². The topological polar surface area (TPSA) is 86.8 Å². The number of hydrogen-bond donors (Lipinski definition) is 1. The highest BCUT2D eigenvalue weighted by atomic mass is 79.9. The van der Waals surface area contributed by atoms with Crippen LogP contribution >= 0.6 is 39.1 Å². The standard InChI is InChI=1S/C21H24BrCl2N3O4S/c1-4-19(21(29)25-2)26(12-14-8-9-17(23)18(24)10-14)20(28)13-27(32(3,30)31)16-7-5-6-15(22)11-16/h5-11,19H,4,12-13H2,1-3H3,(H,25,29)/t19-/m0/s1. The van der Waals surface area contributed by atoms with E-state index in [9.17, 15) is 18.0 Å². The molecule has 174 valence electrons. The van der Waals surface area contributed by atoms with Crippen molar-refractivity contribution in [2.75, 3.05) is 24.2 Å². The molecule has 0 aliphatic heterocycles. The van der Waals surface area contributed by atoms with E-state index in [1.54, 1.807) is 49.4 Å². The van der Waals surface area contributed by atoms with Crippen LogP contribution in [0.3, 0.4) is 0 Å². The van der Waals surface area contributed by atoms with Gasteiger partial charge >= 0.3 is 0 Å². The first-order chi connectivity index (χ1) is 15.0. The zero-order valence-electron chi connectivity index (χ0n) is 17.8. The van der Waals surface area contributed by atoms with Crippen molar-refractivity contribution in [3.8, 4) is 0 Å². The van der Waals surface area contributed by atoms with E-state index in [0.29, 0.717) is 32.2 Å². The van der Waals surface area contributed by atoms with Crippen molar-refractivity contribution in [2.24, 2.45) is 0 Å². The number of benzene rings is 2. The van der Waals surface area contributed by atoms with E-state index in [4.69, 9.17) is 23.2 Å². The van der Waals surface area contributed by atoms with Crippen LogP contribution in [-0.2, 0) is 26.2 Å². The molecule has 32 heavy (non-hydrogen) atoms. The summed E-state index contributed by atoms with van der Waals surface area (Å²) < 4.78 is 26.7. The van der Waals surface area contributed by atoms with Crippen LogP contribution in [-0.4, -0.2) is 51.0 Å². The Morgan fingerprint density at radius 2 is 1.81 bits per heavy atom. The van der Waals surface area contributed by atoms with E-state index in [-0.39, 0.29) is 12.5 Å². The zero-order chi connectivity index (χ0) is 24.1. The molecule has 2 aromatic carbocycles. The van der Waals surface area contributed by atoms with Gasteiger partial charge in [0.15, 0.2) is 0 Å². The van der Waals surface area contributed by atoms with Gasteiger partial charge in [0.25, 0.3) is 0 Å². The molecule has 0 aliphatic rings. The molecule has 2 rings (SSSR count). The van der Waals surface area contributed by atoms with Gasteiger partial charge in [0, 0.05) is 18.1 Å². The summed E-state index contributed by atoms with van der Waals surface area (Å²) in [7, 11) is -2.30. The van der Waals surface area contributed by atoms with Crippen molar-refractivity contribution in [3.05, 3.63) is 62.5 Å². The molecule has 0 spiro atoms. The Balaban J connectivity index is 2.44. The number of likely N-dealkylation sites (N-methyl/N-ethyl adjacent to an activating group) is 1. The lowest BCUT2D eigenvalue weighted by Gasteiger charge is -2.32. The third kappa shape index (κ3) is 6.84. The van der Waals surface area contributed by atoms with Crippen molar-refractivity contribution in [1.29, 1.82) is 0 Å². The Labute approximate surface area is 206 Å². The van der Waals surface area contributed by atoms with Crippen molar-refractivity contribution >= 4 is 66.7 Å². The molecule has 1 atom stereocenters. The smallest absolute Gasteiger partial charge is 0.244 e. The molecule has 2 amide bonds. The number of carbonyl (C=O) groups excluding carboxylic acids is 2. The molecule has 2 aromatic rings. The SMILES string of the molecule is CC[C@@H](C(=O)NC)N(Cc1ccc(Cl)c(Cl)c1)C(=O)CN(c1cccc(Br)c1)S(C)(=O)=O. The number of hydrogen-bond acceptors (Lipinski definition) is 4. The first kappa shape index (κ1) is 26.4. The molecule has 0 aliphatic carbocycles. The fraction of sp³-hybridized carbons (Fsp3) is 0.333. The number of rotatable bonds is 9. The average molecular weight is 565 g/mol. The van der Waals surface area contributed by atoms with Crippen LogP contribution in [0.5, 0.6) is 0 Å². The number of nitrogens with zero attached hydrogens (tertiary/aromatic N) is 2. The van der Waals surface area contributed by atoms with Crippen LogP contribution in [0.25, 0.3) is 0 Å². The highest BCUT2D eigenvalue weighted by Crippen LogP contribution is 2.25. The number of sulfonamides is 1. The van der Waals surface area contributed by atoms with Gasteiger partial charge in [0.1, 0.15) is 12.6 Å². The summed E-state index contributed by atoms with van der Waals surface area (Å²) in [5.74, 6) is -0.883. The summed E-state index contributed by atoms with van der Waals surface area (Å²) in [4.78, 5) is 27.3. The highest BCUT2D eigenvalue weighted by molar-refractivity contribution is 9.10. The Bertz CT molecular complexity index is 1100. The first-order valence-corrected chi connectivity index (χ1v) is 13.1. The van der Waals surface area contributed by atoms with Gasteiger partial charge in [-0.2, -0.15) is 0 Å². The monoisotopic (exact) mass is 563 g/mol. The summed E-state index contributed by atoms with van der Waals surface area (Å²) >= 11 is 15.4. The fourth-order valence-corrected chi connectivity index (χ4v) is 4.72. The average Bonchev–Trinajstić information content (AvgIpc) is 2.73. The molecule has 0 unspecified atom stereocenters.